The second-order valence-corrected chi connectivity index (χ2v) is 9.86. The predicted molar refractivity (Wildman–Crippen MR) is 144 cm³/mol. The second-order valence-electron chi connectivity index (χ2n) is 9.86. The van der Waals surface area contributed by atoms with Gasteiger partial charge in [0.2, 0.25) is 0 Å². The van der Waals surface area contributed by atoms with E-state index < -0.39 is 0 Å². The topological polar surface area (TPSA) is 20.2 Å². The Hall–Kier alpha value is -1.24. The van der Waals surface area contributed by atoms with Crippen molar-refractivity contribution in [3.63, 3.8) is 0 Å². The molecule has 1 aromatic carbocycles. The molecule has 1 aromatic rings. The smallest absolute Gasteiger partial charge is 0.119 e. The predicted octanol–water partition coefficient (Wildman–Crippen LogP) is 10.5. The van der Waals surface area contributed by atoms with E-state index in [1.807, 2.05) is 18.2 Å². The summed E-state index contributed by atoms with van der Waals surface area (Å²) in [5.41, 5.74) is 2.62. The van der Waals surface area contributed by atoms with Crippen molar-refractivity contribution in [3.05, 3.63) is 42.0 Å². The molecule has 1 rings (SSSR count). The molecule has 0 heterocycles. The van der Waals surface area contributed by atoms with Crippen molar-refractivity contribution < 1.29 is 5.11 Å². The SMILES string of the molecule is C=CCCCCCCCCCCCc1c(O)cccc1CCCCCCCCCCCC. The molecule has 0 atom stereocenters. The lowest BCUT2D eigenvalue weighted by atomic mass is 9.95. The summed E-state index contributed by atoms with van der Waals surface area (Å²) in [5, 5.41) is 10.4. The number of aryl methyl sites for hydroxylation is 1. The fraction of sp³-hybridized carbons (Fsp3) is 0.742. The van der Waals surface area contributed by atoms with Crippen LogP contribution >= 0.6 is 0 Å². The van der Waals surface area contributed by atoms with Gasteiger partial charge < -0.3 is 5.11 Å². The maximum absolute atomic E-state index is 10.4. The maximum atomic E-state index is 10.4. The molecule has 0 bridgehead atoms. The standard InChI is InChI=1S/C31H54O/c1-3-5-7-9-11-13-15-17-19-21-23-27-30-29(26-24-28-31(30)32)25-22-20-18-16-14-12-10-8-6-4-2/h3,24,26,28,32H,1,4-23,25,27H2,2H3. The fourth-order valence-corrected chi connectivity index (χ4v) is 4.77. The quantitative estimate of drug-likeness (QED) is 0.132. The summed E-state index contributed by atoms with van der Waals surface area (Å²) in [6.45, 7) is 6.08. The Balaban J connectivity index is 2.10. The van der Waals surface area contributed by atoms with Crippen LogP contribution in [-0.4, -0.2) is 5.11 Å². The molecule has 1 heteroatoms. The van der Waals surface area contributed by atoms with Crippen LogP contribution in [-0.2, 0) is 12.8 Å². The Morgan fingerprint density at radius 1 is 0.625 bits per heavy atom. The first kappa shape index (κ1) is 28.8. The van der Waals surface area contributed by atoms with Crippen LogP contribution in [0.5, 0.6) is 5.75 Å². The minimum atomic E-state index is 0.522. The van der Waals surface area contributed by atoms with E-state index in [-0.39, 0.29) is 0 Å². The van der Waals surface area contributed by atoms with Crippen molar-refractivity contribution in [2.24, 2.45) is 0 Å². The highest BCUT2D eigenvalue weighted by molar-refractivity contribution is 5.39. The number of phenolic OH excluding ortho intramolecular Hbond substituents is 1. The number of unbranched alkanes of at least 4 members (excludes halogenated alkanes) is 18. The summed E-state index contributed by atoms with van der Waals surface area (Å²) in [6, 6.07) is 6.15. The molecule has 0 aromatic heterocycles. The van der Waals surface area contributed by atoms with Crippen LogP contribution in [0.25, 0.3) is 0 Å². The summed E-state index contributed by atoms with van der Waals surface area (Å²) < 4.78 is 0. The number of hydrogen-bond acceptors (Lipinski definition) is 1. The molecule has 0 radical (unpaired) electrons. The van der Waals surface area contributed by atoms with E-state index in [0.717, 1.165) is 12.8 Å². The number of phenols is 1. The first-order valence-corrected chi connectivity index (χ1v) is 14.2. The van der Waals surface area contributed by atoms with Crippen molar-refractivity contribution >= 4 is 0 Å². The van der Waals surface area contributed by atoms with Gasteiger partial charge in [-0.15, -0.1) is 6.58 Å². The van der Waals surface area contributed by atoms with E-state index in [2.05, 4.69) is 19.6 Å². The van der Waals surface area contributed by atoms with Crippen molar-refractivity contribution in [1.29, 1.82) is 0 Å². The highest BCUT2D eigenvalue weighted by Crippen LogP contribution is 2.25. The summed E-state index contributed by atoms with van der Waals surface area (Å²) in [7, 11) is 0. The van der Waals surface area contributed by atoms with E-state index in [1.165, 1.54) is 140 Å². The van der Waals surface area contributed by atoms with Gasteiger partial charge in [-0.25, -0.2) is 0 Å². The van der Waals surface area contributed by atoms with Gasteiger partial charge in [-0.3, -0.25) is 0 Å². The number of rotatable bonds is 23. The number of aromatic hydroxyl groups is 1. The molecule has 0 unspecified atom stereocenters. The molecule has 0 fully saturated rings. The lowest BCUT2D eigenvalue weighted by molar-refractivity contribution is 0.464. The van der Waals surface area contributed by atoms with Crippen LogP contribution in [0.2, 0.25) is 0 Å². The lowest BCUT2D eigenvalue weighted by Crippen LogP contribution is -1.96. The third-order valence-corrected chi connectivity index (χ3v) is 6.88. The normalized spacial score (nSPS) is 11.2. The Kier molecular flexibility index (Phi) is 19.4. The van der Waals surface area contributed by atoms with Crippen molar-refractivity contribution in [3.8, 4) is 5.75 Å². The third-order valence-electron chi connectivity index (χ3n) is 6.88. The second kappa shape index (κ2) is 21.6. The van der Waals surface area contributed by atoms with Crippen molar-refractivity contribution in [2.75, 3.05) is 0 Å². The first-order valence-electron chi connectivity index (χ1n) is 14.2. The van der Waals surface area contributed by atoms with Crippen LogP contribution < -0.4 is 0 Å². The fourth-order valence-electron chi connectivity index (χ4n) is 4.77. The van der Waals surface area contributed by atoms with Gasteiger partial charge in [0.05, 0.1) is 0 Å². The molecule has 184 valence electrons. The van der Waals surface area contributed by atoms with Crippen LogP contribution in [0.1, 0.15) is 146 Å². The highest BCUT2D eigenvalue weighted by atomic mass is 16.3. The molecular formula is C31H54O. The molecule has 0 aliphatic heterocycles. The van der Waals surface area contributed by atoms with Gasteiger partial charge in [0.25, 0.3) is 0 Å². The molecule has 0 saturated heterocycles. The largest absolute Gasteiger partial charge is 0.508 e. The molecule has 0 aliphatic rings. The van der Waals surface area contributed by atoms with Gasteiger partial charge >= 0.3 is 0 Å². The number of allylic oxidation sites excluding steroid dienone is 1. The van der Waals surface area contributed by atoms with E-state index in [9.17, 15) is 5.11 Å². The first-order chi connectivity index (χ1) is 15.8. The van der Waals surface area contributed by atoms with Crippen LogP contribution in [0.3, 0.4) is 0 Å². The van der Waals surface area contributed by atoms with Gasteiger partial charge in [-0.2, -0.15) is 0 Å². The van der Waals surface area contributed by atoms with Gasteiger partial charge in [0.15, 0.2) is 0 Å². The Morgan fingerprint density at radius 3 is 1.62 bits per heavy atom. The monoisotopic (exact) mass is 442 g/mol. The van der Waals surface area contributed by atoms with Gasteiger partial charge in [-0.1, -0.05) is 128 Å². The lowest BCUT2D eigenvalue weighted by Gasteiger charge is -2.12. The molecule has 1 nitrogen and oxygen atoms in total. The van der Waals surface area contributed by atoms with Gasteiger partial charge in [0.1, 0.15) is 5.75 Å². The van der Waals surface area contributed by atoms with E-state index in [0.29, 0.717) is 5.75 Å². The molecule has 0 saturated carbocycles. The van der Waals surface area contributed by atoms with Gasteiger partial charge in [-0.05, 0) is 55.7 Å². The van der Waals surface area contributed by atoms with E-state index >= 15 is 0 Å². The molecule has 0 aliphatic carbocycles. The molecule has 0 spiro atoms. The summed E-state index contributed by atoms with van der Waals surface area (Å²) in [6.07, 6.45) is 31.2. The maximum Gasteiger partial charge on any atom is 0.119 e. The molecule has 1 N–H and O–H groups in total. The highest BCUT2D eigenvalue weighted by Gasteiger charge is 2.07. The zero-order chi connectivity index (χ0) is 23.1. The summed E-state index contributed by atoms with van der Waals surface area (Å²) >= 11 is 0. The zero-order valence-electron chi connectivity index (χ0n) is 21.5. The molecule has 32 heavy (non-hydrogen) atoms. The Labute approximate surface area is 201 Å². The summed E-state index contributed by atoms with van der Waals surface area (Å²) in [4.78, 5) is 0. The minimum absolute atomic E-state index is 0.522. The average Bonchev–Trinajstić information content (AvgIpc) is 2.80. The van der Waals surface area contributed by atoms with Crippen LogP contribution in [0.4, 0.5) is 0 Å². The van der Waals surface area contributed by atoms with Crippen LogP contribution in [0, 0.1) is 0 Å². The summed E-state index contributed by atoms with van der Waals surface area (Å²) in [5.74, 6) is 0.522. The van der Waals surface area contributed by atoms with Crippen LogP contribution in [0.15, 0.2) is 30.9 Å². The Bertz CT molecular complexity index is 547. The van der Waals surface area contributed by atoms with E-state index in [1.54, 1.807) is 0 Å². The Morgan fingerprint density at radius 2 is 1.09 bits per heavy atom. The zero-order valence-corrected chi connectivity index (χ0v) is 21.5. The third kappa shape index (κ3) is 15.5. The molecular weight excluding hydrogens is 388 g/mol. The van der Waals surface area contributed by atoms with Crippen molar-refractivity contribution in [2.45, 2.75) is 148 Å². The van der Waals surface area contributed by atoms with Crippen molar-refractivity contribution in [1.82, 2.24) is 0 Å². The number of hydrogen-bond donors (Lipinski definition) is 1. The number of benzene rings is 1. The molecule has 0 amide bonds. The van der Waals surface area contributed by atoms with Gasteiger partial charge in [0, 0.05) is 0 Å². The average molecular weight is 443 g/mol. The van der Waals surface area contributed by atoms with E-state index in [4.69, 9.17) is 0 Å². The minimum Gasteiger partial charge on any atom is -0.508 e.